The van der Waals surface area contributed by atoms with Crippen LogP contribution in [0.1, 0.15) is 145 Å². The third-order valence-corrected chi connectivity index (χ3v) is 16.0. The van der Waals surface area contributed by atoms with Crippen LogP contribution in [0.5, 0.6) is 17.2 Å². The molecule has 6 unspecified atom stereocenters. The summed E-state index contributed by atoms with van der Waals surface area (Å²) < 4.78 is 37.5. The highest BCUT2D eigenvalue weighted by Gasteiger charge is 2.72. The summed E-state index contributed by atoms with van der Waals surface area (Å²) in [6.45, 7) is 18.4. The minimum Gasteiger partial charge on any atom is -0.506 e. The molecule has 5 aliphatic rings. The van der Waals surface area contributed by atoms with E-state index in [0.29, 0.717) is 41.9 Å². The van der Waals surface area contributed by atoms with Gasteiger partial charge in [-0.1, -0.05) is 43.2 Å². The van der Waals surface area contributed by atoms with Crippen molar-refractivity contribution in [2.75, 3.05) is 38.2 Å². The number of allylic oxidation sites excluding steroid dienone is 4. The summed E-state index contributed by atoms with van der Waals surface area (Å²) >= 11 is 0. The van der Waals surface area contributed by atoms with Crippen molar-refractivity contribution in [3.63, 3.8) is 0 Å². The molecule has 3 aromatic rings. The van der Waals surface area contributed by atoms with Crippen molar-refractivity contribution in [2.45, 2.75) is 143 Å². The number of ketones is 2. The zero-order valence-electron chi connectivity index (χ0n) is 43.3. The van der Waals surface area contributed by atoms with Gasteiger partial charge in [0.15, 0.2) is 22.8 Å². The van der Waals surface area contributed by atoms with Gasteiger partial charge in [-0.2, -0.15) is 0 Å². The second kappa shape index (κ2) is 19.8. The number of ether oxygens (including phenoxy) is 3. The number of carbonyl (C=O) groups is 4. The number of hydrogen-bond acceptors (Lipinski definition) is 12. The second-order valence-electron chi connectivity index (χ2n) is 21.7. The Bertz CT molecular complexity index is 2910. The number of aromatic hydroxyl groups is 1. The highest BCUT2D eigenvalue weighted by molar-refractivity contribution is 6.08. The van der Waals surface area contributed by atoms with E-state index in [1.165, 1.54) is 31.9 Å². The summed E-state index contributed by atoms with van der Waals surface area (Å²) in [4.78, 5) is 73.2. The van der Waals surface area contributed by atoms with Gasteiger partial charge in [-0.3, -0.25) is 19.3 Å². The summed E-state index contributed by atoms with van der Waals surface area (Å²) in [6.07, 6.45) is 13.7. The third-order valence-electron chi connectivity index (χ3n) is 16.0. The zero-order valence-corrected chi connectivity index (χ0v) is 43.3. The van der Waals surface area contributed by atoms with Gasteiger partial charge in [0, 0.05) is 79.7 Å². The number of benzene rings is 2. The van der Waals surface area contributed by atoms with Crippen LogP contribution in [0, 0.1) is 23.6 Å². The van der Waals surface area contributed by atoms with Gasteiger partial charge in [0.05, 0.1) is 29.8 Å². The van der Waals surface area contributed by atoms with Crippen molar-refractivity contribution in [1.82, 2.24) is 9.47 Å². The minimum absolute atomic E-state index is 0.00776. The number of nitrogens with zero attached hydrogens (tertiary/aromatic N) is 3. The summed E-state index contributed by atoms with van der Waals surface area (Å²) in [5.74, 6) is -5.83. The van der Waals surface area contributed by atoms with E-state index in [-0.39, 0.29) is 84.4 Å². The third kappa shape index (κ3) is 9.09. The number of halogens is 1. The quantitative estimate of drug-likeness (QED) is 0.0789. The molecule has 3 fully saturated rings. The molecule has 0 radical (unpaired) electrons. The first-order valence-electron chi connectivity index (χ1n) is 25.4. The first kappa shape index (κ1) is 52.3. The van der Waals surface area contributed by atoms with Crippen LogP contribution in [0.25, 0.3) is 17.0 Å². The zero-order chi connectivity index (χ0) is 52.4. The Morgan fingerprint density at radius 1 is 0.944 bits per heavy atom. The Morgan fingerprint density at radius 3 is 2.24 bits per heavy atom. The number of phenolic OH excluding ortho intramolecular Hbond substituents is 1. The molecule has 2 aromatic carbocycles. The molecule has 3 aliphatic heterocycles. The molecule has 2 aliphatic carbocycles. The SMILES string of the molecule is COC(=O)/C(C)=C\CC1(O)C(=O)CCC(C(C)C)C12Oc1c(CC=C(C)C)c3c(c(O)c1C(=O)C2C(C)N1CCN(c2cc4c(cc2F)c(=O)c(C(=O)O)cn4C2CC2)CC1)C=CC(C)(CCC=C(C)C)O3. The van der Waals surface area contributed by atoms with Crippen LogP contribution < -0.4 is 19.8 Å². The number of aromatic carboxylic acids is 1. The Hall–Kier alpha value is -6.06. The van der Waals surface area contributed by atoms with E-state index >= 15 is 9.18 Å². The van der Waals surface area contributed by atoms with Crippen molar-refractivity contribution in [3.8, 4) is 17.2 Å². The number of carboxylic acids is 1. The normalized spacial score (nSPS) is 25.7. The van der Waals surface area contributed by atoms with E-state index in [9.17, 15) is 34.5 Å². The van der Waals surface area contributed by atoms with Crippen molar-refractivity contribution < 1.29 is 53.1 Å². The number of carbonyl (C=O) groups excluding carboxylic acids is 3. The van der Waals surface area contributed by atoms with Gasteiger partial charge in [-0.05, 0) is 117 Å². The lowest BCUT2D eigenvalue weighted by atomic mass is 9.52. The fourth-order valence-electron chi connectivity index (χ4n) is 11.9. The van der Waals surface area contributed by atoms with Crippen molar-refractivity contribution in [2.24, 2.45) is 17.8 Å². The van der Waals surface area contributed by atoms with E-state index in [4.69, 9.17) is 14.2 Å². The number of phenols is 1. The largest absolute Gasteiger partial charge is 0.506 e. The molecule has 2 saturated carbocycles. The lowest BCUT2D eigenvalue weighted by molar-refractivity contribution is -0.218. The number of anilines is 1. The maximum atomic E-state index is 16.3. The highest BCUT2D eigenvalue weighted by Crippen LogP contribution is 2.60. The molecule has 15 heteroatoms. The van der Waals surface area contributed by atoms with Gasteiger partial charge in [0.1, 0.15) is 39.8 Å². The van der Waals surface area contributed by atoms with E-state index in [2.05, 4.69) is 11.0 Å². The number of rotatable bonds is 14. The monoisotopic (exact) mass is 991 g/mol. The number of fused-ring (bicyclic) bond motifs is 3. The van der Waals surface area contributed by atoms with Gasteiger partial charge in [0.2, 0.25) is 5.43 Å². The summed E-state index contributed by atoms with van der Waals surface area (Å²) in [6, 6.07) is 1.97. The van der Waals surface area contributed by atoms with Crippen LogP contribution in [0.3, 0.4) is 0 Å². The Kier molecular flexibility index (Phi) is 14.3. The molecule has 0 bridgehead atoms. The molecule has 386 valence electrons. The fourth-order valence-corrected chi connectivity index (χ4v) is 11.9. The first-order valence-corrected chi connectivity index (χ1v) is 25.4. The predicted octanol–water partition coefficient (Wildman–Crippen LogP) is 9.32. The van der Waals surface area contributed by atoms with Crippen LogP contribution in [-0.4, -0.2) is 104 Å². The van der Waals surface area contributed by atoms with E-state index in [0.717, 1.165) is 30.9 Å². The number of aliphatic hydroxyl groups is 1. The summed E-state index contributed by atoms with van der Waals surface area (Å²) in [7, 11) is 1.25. The molecule has 8 rings (SSSR count). The molecule has 0 amide bonds. The first-order chi connectivity index (χ1) is 34.0. The second-order valence-corrected chi connectivity index (χ2v) is 21.7. The van der Waals surface area contributed by atoms with Gasteiger partial charge in [-0.25, -0.2) is 14.0 Å². The number of hydrogen-bond donors (Lipinski definition) is 3. The maximum Gasteiger partial charge on any atom is 0.341 e. The lowest BCUT2D eigenvalue weighted by Gasteiger charge is -2.61. The molecule has 6 atom stereocenters. The number of piperazine rings is 1. The fraction of sp³-hybridized carbons (Fsp3) is 0.526. The van der Waals surface area contributed by atoms with Gasteiger partial charge in [-0.15, -0.1) is 0 Å². The van der Waals surface area contributed by atoms with Crippen molar-refractivity contribution in [3.05, 3.63) is 97.6 Å². The molecule has 3 N–H and O–H groups in total. The summed E-state index contributed by atoms with van der Waals surface area (Å²) in [5.41, 5.74) is -2.56. The number of methoxy groups -OCH3 is 1. The highest BCUT2D eigenvalue weighted by atomic mass is 19.1. The van der Waals surface area contributed by atoms with Gasteiger partial charge >= 0.3 is 11.9 Å². The van der Waals surface area contributed by atoms with Crippen LogP contribution in [-0.2, 0) is 20.7 Å². The molecule has 14 nitrogen and oxygen atoms in total. The maximum absolute atomic E-state index is 16.3. The van der Waals surface area contributed by atoms with E-state index in [1.54, 1.807) is 16.7 Å². The molecule has 1 spiro atoms. The van der Waals surface area contributed by atoms with E-state index < -0.39 is 75.0 Å². The molecule has 72 heavy (non-hydrogen) atoms. The smallest absolute Gasteiger partial charge is 0.341 e. The standard InChI is InChI=1S/C57H70FN3O11/c1-31(2)12-11-21-55(9)22-20-37-49(64)46-50(65)47(35(8)59-24-26-60(27-25-59)44-29-43-39(28-42(44)58)48(63)40(53(66)67)30-61(43)36-14-15-36)57(72-52(46)38(51(37)71-55)16-13-32(3)4)41(33(5)6)17-18-45(62)56(57,69)23-19-34(7)54(68)70-10/h12-13,19-20,22,28-30,33,35-36,41,47,64,69H,11,14-18,21,23-27H2,1-10H3,(H,66,67)/b34-19-. The number of carboxylic acid groups (broad SMARTS) is 1. The van der Waals surface area contributed by atoms with Crippen molar-refractivity contribution in [1.29, 1.82) is 0 Å². The Balaban J connectivity index is 1.27. The topological polar surface area (TPSA) is 185 Å². The van der Waals surface area contributed by atoms with E-state index in [1.807, 2.05) is 72.4 Å². The number of pyridine rings is 1. The summed E-state index contributed by atoms with van der Waals surface area (Å²) in [5, 5.41) is 35.9. The van der Waals surface area contributed by atoms with Crippen LogP contribution in [0.4, 0.5) is 10.1 Å². The van der Waals surface area contributed by atoms with Crippen LogP contribution in [0.2, 0.25) is 0 Å². The Labute approximate surface area is 420 Å². The predicted molar refractivity (Wildman–Crippen MR) is 274 cm³/mol. The van der Waals surface area contributed by atoms with Crippen LogP contribution >= 0.6 is 0 Å². The molecule has 4 heterocycles. The van der Waals surface area contributed by atoms with Crippen LogP contribution in [0.15, 0.2) is 64.1 Å². The molecule has 1 aromatic heterocycles. The van der Waals surface area contributed by atoms with Gasteiger partial charge in [0.25, 0.3) is 0 Å². The number of aromatic nitrogens is 1. The van der Waals surface area contributed by atoms with Gasteiger partial charge < -0.3 is 39.0 Å². The molecular weight excluding hydrogens is 922 g/mol. The Morgan fingerprint density at radius 2 is 1.62 bits per heavy atom. The average Bonchev–Trinajstić information content (AvgIpc) is 4.17. The number of esters is 1. The average molecular weight is 992 g/mol. The van der Waals surface area contributed by atoms with Crippen molar-refractivity contribution >= 4 is 46.2 Å². The number of Topliss-reactive ketones (excluding diaryl/α,β-unsaturated/α-hetero) is 2. The minimum atomic E-state index is -2.38. The lowest BCUT2D eigenvalue weighted by Crippen LogP contribution is -2.77. The molecule has 1 saturated heterocycles. The molecular formula is C57H70FN3O11.